The standard InChI is InChI=1S/C21H20N4OS2/c1-14(2)17-9-8-16(12-22)20(23-17)27-11-10-19(26)25-21-24-18(13-28-21)15-6-4-3-5-7-15/h3-9,13-14H,10-11H2,1-2H3,(H,24,25,26). The fourth-order valence-corrected chi connectivity index (χ4v) is 4.12. The van der Waals surface area contributed by atoms with Crippen LogP contribution in [0.5, 0.6) is 0 Å². The summed E-state index contributed by atoms with van der Waals surface area (Å²) in [7, 11) is 0. The van der Waals surface area contributed by atoms with E-state index in [9.17, 15) is 10.1 Å². The summed E-state index contributed by atoms with van der Waals surface area (Å²) in [6, 6.07) is 15.7. The van der Waals surface area contributed by atoms with Crippen molar-refractivity contribution in [1.82, 2.24) is 9.97 Å². The van der Waals surface area contributed by atoms with Crippen molar-refractivity contribution >= 4 is 34.1 Å². The fraction of sp³-hybridized carbons (Fsp3) is 0.238. The molecule has 0 aliphatic carbocycles. The number of anilines is 1. The molecule has 0 saturated carbocycles. The van der Waals surface area contributed by atoms with Crippen LogP contribution in [0.2, 0.25) is 0 Å². The topological polar surface area (TPSA) is 78.7 Å². The number of aromatic nitrogens is 2. The number of nitrogens with zero attached hydrogens (tertiary/aromatic N) is 3. The van der Waals surface area contributed by atoms with Gasteiger partial charge in [-0.05, 0) is 18.1 Å². The van der Waals surface area contributed by atoms with Crippen LogP contribution in [-0.4, -0.2) is 21.6 Å². The third kappa shape index (κ3) is 5.18. The van der Waals surface area contributed by atoms with Gasteiger partial charge < -0.3 is 5.32 Å². The van der Waals surface area contributed by atoms with Crippen LogP contribution in [0, 0.1) is 11.3 Å². The van der Waals surface area contributed by atoms with Crippen molar-refractivity contribution in [2.24, 2.45) is 0 Å². The lowest BCUT2D eigenvalue weighted by Crippen LogP contribution is -2.12. The Morgan fingerprint density at radius 3 is 2.71 bits per heavy atom. The van der Waals surface area contributed by atoms with Crippen LogP contribution in [0.3, 0.4) is 0 Å². The Kier molecular flexibility index (Phi) is 6.80. The number of nitrogens with one attached hydrogen (secondary N) is 1. The normalized spacial score (nSPS) is 10.6. The lowest BCUT2D eigenvalue weighted by Gasteiger charge is -2.08. The Morgan fingerprint density at radius 2 is 2.00 bits per heavy atom. The zero-order chi connectivity index (χ0) is 19.9. The molecular weight excluding hydrogens is 388 g/mol. The maximum absolute atomic E-state index is 12.2. The molecule has 0 fully saturated rings. The quantitative estimate of drug-likeness (QED) is 0.535. The van der Waals surface area contributed by atoms with E-state index in [4.69, 9.17) is 0 Å². The SMILES string of the molecule is CC(C)c1ccc(C#N)c(SCCC(=O)Nc2nc(-c3ccccc3)cs2)n1. The van der Waals surface area contributed by atoms with Crippen molar-refractivity contribution in [3.05, 3.63) is 59.1 Å². The van der Waals surface area contributed by atoms with Gasteiger partial charge in [0.1, 0.15) is 11.1 Å². The van der Waals surface area contributed by atoms with Gasteiger partial charge in [-0.3, -0.25) is 4.79 Å². The van der Waals surface area contributed by atoms with Gasteiger partial charge in [-0.2, -0.15) is 5.26 Å². The van der Waals surface area contributed by atoms with Crippen LogP contribution in [0.25, 0.3) is 11.3 Å². The van der Waals surface area contributed by atoms with Gasteiger partial charge in [0.05, 0.1) is 11.3 Å². The molecule has 0 unspecified atom stereocenters. The molecule has 0 bridgehead atoms. The lowest BCUT2D eigenvalue weighted by molar-refractivity contribution is -0.115. The highest BCUT2D eigenvalue weighted by Crippen LogP contribution is 2.26. The maximum atomic E-state index is 12.2. The number of hydrogen-bond acceptors (Lipinski definition) is 6. The number of amides is 1. The number of pyridine rings is 1. The molecule has 0 atom stereocenters. The molecule has 0 spiro atoms. The first kappa shape index (κ1) is 20.1. The molecular formula is C21H20N4OS2. The highest BCUT2D eigenvalue weighted by atomic mass is 32.2. The number of carbonyl (C=O) groups excluding carboxylic acids is 1. The number of rotatable bonds is 7. The number of thiazole rings is 1. The molecule has 5 nitrogen and oxygen atoms in total. The van der Waals surface area contributed by atoms with Crippen molar-refractivity contribution in [3.63, 3.8) is 0 Å². The first-order valence-electron chi connectivity index (χ1n) is 8.91. The van der Waals surface area contributed by atoms with Crippen molar-refractivity contribution in [1.29, 1.82) is 5.26 Å². The molecule has 142 valence electrons. The minimum absolute atomic E-state index is 0.0972. The molecule has 0 saturated heterocycles. The first-order valence-corrected chi connectivity index (χ1v) is 10.8. The average Bonchev–Trinajstić information content (AvgIpc) is 3.17. The first-order chi connectivity index (χ1) is 13.6. The highest BCUT2D eigenvalue weighted by molar-refractivity contribution is 7.99. The Labute approximate surface area is 172 Å². The second-order valence-electron chi connectivity index (χ2n) is 6.41. The van der Waals surface area contributed by atoms with Crippen LogP contribution in [0.1, 0.15) is 37.4 Å². The van der Waals surface area contributed by atoms with Gasteiger partial charge >= 0.3 is 0 Å². The zero-order valence-corrected chi connectivity index (χ0v) is 17.3. The molecule has 2 aromatic heterocycles. The highest BCUT2D eigenvalue weighted by Gasteiger charge is 2.11. The number of benzene rings is 1. The van der Waals surface area contributed by atoms with E-state index in [0.29, 0.717) is 33.8 Å². The molecule has 1 amide bonds. The van der Waals surface area contributed by atoms with Gasteiger partial charge in [-0.1, -0.05) is 44.2 Å². The summed E-state index contributed by atoms with van der Waals surface area (Å²) >= 11 is 2.84. The summed E-state index contributed by atoms with van der Waals surface area (Å²) in [5.74, 6) is 0.741. The third-order valence-electron chi connectivity index (χ3n) is 3.98. The molecule has 3 aromatic rings. The predicted molar refractivity (Wildman–Crippen MR) is 115 cm³/mol. The Morgan fingerprint density at radius 1 is 1.21 bits per heavy atom. The van der Waals surface area contributed by atoms with E-state index in [1.54, 1.807) is 6.07 Å². The molecule has 28 heavy (non-hydrogen) atoms. The van der Waals surface area contributed by atoms with Crippen molar-refractivity contribution < 1.29 is 4.79 Å². The Balaban J connectivity index is 1.55. The minimum Gasteiger partial charge on any atom is -0.302 e. The summed E-state index contributed by atoms with van der Waals surface area (Å²) in [6.45, 7) is 4.13. The summed E-state index contributed by atoms with van der Waals surface area (Å²) in [6.07, 6.45) is 0.323. The summed E-state index contributed by atoms with van der Waals surface area (Å²) < 4.78 is 0. The van der Waals surface area contributed by atoms with E-state index in [-0.39, 0.29) is 5.91 Å². The maximum Gasteiger partial charge on any atom is 0.226 e. The van der Waals surface area contributed by atoms with Crippen molar-refractivity contribution in [3.8, 4) is 17.3 Å². The summed E-state index contributed by atoms with van der Waals surface area (Å²) in [5, 5.41) is 15.3. The molecule has 0 aliphatic heterocycles. The van der Waals surface area contributed by atoms with Crippen LogP contribution >= 0.6 is 23.1 Å². The minimum atomic E-state index is -0.0972. The Bertz CT molecular complexity index is 993. The number of hydrogen-bond donors (Lipinski definition) is 1. The summed E-state index contributed by atoms with van der Waals surface area (Å²) in [4.78, 5) is 21.3. The number of nitriles is 1. The smallest absolute Gasteiger partial charge is 0.226 e. The van der Waals surface area contributed by atoms with Crippen LogP contribution in [-0.2, 0) is 4.79 Å². The van der Waals surface area contributed by atoms with Crippen LogP contribution < -0.4 is 5.32 Å². The summed E-state index contributed by atoms with van der Waals surface area (Å²) in [5.41, 5.74) is 3.36. The number of carbonyl (C=O) groups is 1. The van der Waals surface area contributed by atoms with Crippen molar-refractivity contribution in [2.45, 2.75) is 31.2 Å². The monoisotopic (exact) mass is 408 g/mol. The van der Waals surface area contributed by atoms with Gasteiger partial charge in [0.25, 0.3) is 0 Å². The van der Waals surface area contributed by atoms with E-state index in [1.165, 1.54) is 23.1 Å². The molecule has 0 radical (unpaired) electrons. The van der Waals surface area contributed by atoms with Gasteiger partial charge in [0.15, 0.2) is 5.13 Å². The molecule has 2 heterocycles. The van der Waals surface area contributed by atoms with E-state index < -0.39 is 0 Å². The molecule has 7 heteroatoms. The molecule has 1 aromatic carbocycles. The van der Waals surface area contributed by atoms with Crippen molar-refractivity contribution in [2.75, 3.05) is 11.1 Å². The number of thioether (sulfide) groups is 1. The van der Waals surface area contributed by atoms with Gasteiger partial charge in [0, 0.05) is 28.8 Å². The van der Waals surface area contributed by atoms with E-state index >= 15 is 0 Å². The second kappa shape index (κ2) is 9.49. The molecule has 3 rings (SSSR count). The van der Waals surface area contributed by atoms with E-state index in [1.807, 2.05) is 41.8 Å². The average molecular weight is 409 g/mol. The molecule has 1 N–H and O–H groups in total. The largest absolute Gasteiger partial charge is 0.302 e. The lowest BCUT2D eigenvalue weighted by atomic mass is 10.1. The Hall–Kier alpha value is -2.69. The van der Waals surface area contributed by atoms with E-state index in [0.717, 1.165) is 17.0 Å². The third-order valence-corrected chi connectivity index (χ3v) is 5.73. The van der Waals surface area contributed by atoms with Gasteiger partial charge in [-0.25, -0.2) is 9.97 Å². The predicted octanol–water partition coefficient (Wildman–Crippen LogP) is 5.32. The molecule has 0 aliphatic rings. The van der Waals surface area contributed by atoms with Crippen LogP contribution in [0.15, 0.2) is 52.9 Å². The van der Waals surface area contributed by atoms with E-state index in [2.05, 4.69) is 35.2 Å². The van der Waals surface area contributed by atoms with Gasteiger partial charge in [-0.15, -0.1) is 23.1 Å². The fourth-order valence-electron chi connectivity index (χ4n) is 2.47. The van der Waals surface area contributed by atoms with Crippen LogP contribution in [0.4, 0.5) is 5.13 Å². The zero-order valence-electron chi connectivity index (χ0n) is 15.7. The van der Waals surface area contributed by atoms with Gasteiger partial charge in [0.2, 0.25) is 5.91 Å². The second-order valence-corrected chi connectivity index (χ2v) is 8.35.